The lowest BCUT2D eigenvalue weighted by molar-refractivity contribution is 0.585. The van der Waals surface area contributed by atoms with E-state index in [1.165, 1.54) is 36.3 Å². The number of nitrogens with one attached hydrogen (secondary N) is 1. The number of nitrogens with zero attached hydrogens (tertiary/aromatic N) is 2. The van der Waals surface area contributed by atoms with E-state index < -0.39 is 11.6 Å². The average Bonchev–Trinajstić information content (AvgIpc) is 3.13. The van der Waals surface area contributed by atoms with Crippen molar-refractivity contribution in [3.05, 3.63) is 34.8 Å². The first-order valence-electron chi connectivity index (χ1n) is 6.73. The molecule has 6 heteroatoms. The second kappa shape index (κ2) is 5.93. The standard InChI is InChI=1S/C14H15F2N3S/c15-9-3-6-11(12(16)8-9)14-19-18-13(20-14)2-1-7-17-10-4-5-10/h3,6,8,10,17H,1-2,4-5,7H2. The van der Waals surface area contributed by atoms with Crippen molar-refractivity contribution in [1.29, 1.82) is 0 Å². The molecular weight excluding hydrogens is 280 g/mol. The number of hydrogen-bond donors (Lipinski definition) is 1. The van der Waals surface area contributed by atoms with Gasteiger partial charge in [0.15, 0.2) is 5.01 Å². The van der Waals surface area contributed by atoms with E-state index in [2.05, 4.69) is 15.5 Å². The van der Waals surface area contributed by atoms with Crippen LogP contribution in [-0.4, -0.2) is 22.8 Å². The quantitative estimate of drug-likeness (QED) is 0.832. The van der Waals surface area contributed by atoms with Gasteiger partial charge in [0.2, 0.25) is 0 Å². The Bertz CT molecular complexity index is 596. The molecule has 0 amide bonds. The Morgan fingerprint density at radius 1 is 1.25 bits per heavy atom. The van der Waals surface area contributed by atoms with E-state index in [1.807, 2.05) is 0 Å². The van der Waals surface area contributed by atoms with E-state index in [9.17, 15) is 8.78 Å². The van der Waals surface area contributed by atoms with Gasteiger partial charge in [0, 0.05) is 24.1 Å². The van der Waals surface area contributed by atoms with Crippen LogP contribution in [0.5, 0.6) is 0 Å². The predicted octanol–water partition coefficient (Wildman–Crippen LogP) is 3.17. The van der Waals surface area contributed by atoms with Crippen molar-refractivity contribution in [3.63, 3.8) is 0 Å². The van der Waals surface area contributed by atoms with Crippen LogP contribution >= 0.6 is 11.3 Å². The van der Waals surface area contributed by atoms with Crippen molar-refractivity contribution in [3.8, 4) is 10.6 Å². The molecule has 0 radical (unpaired) electrons. The van der Waals surface area contributed by atoms with Crippen LogP contribution in [0.25, 0.3) is 10.6 Å². The molecule has 1 aliphatic carbocycles. The normalized spacial score (nSPS) is 14.7. The fraction of sp³-hybridized carbons (Fsp3) is 0.429. The molecule has 0 atom stereocenters. The summed E-state index contributed by atoms with van der Waals surface area (Å²) in [5, 5.41) is 12.9. The van der Waals surface area contributed by atoms with E-state index >= 15 is 0 Å². The lowest BCUT2D eigenvalue weighted by Gasteiger charge is -1.99. The van der Waals surface area contributed by atoms with Gasteiger partial charge >= 0.3 is 0 Å². The first-order chi connectivity index (χ1) is 9.72. The molecule has 1 aromatic carbocycles. The monoisotopic (exact) mass is 295 g/mol. The molecule has 1 heterocycles. The summed E-state index contributed by atoms with van der Waals surface area (Å²) in [5.74, 6) is -1.18. The summed E-state index contributed by atoms with van der Waals surface area (Å²) in [4.78, 5) is 0. The summed E-state index contributed by atoms with van der Waals surface area (Å²) in [6, 6.07) is 4.23. The predicted molar refractivity (Wildman–Crippen MR) is 74.6 cm³/mol. The summed E-state index contributed by atoms with van der Waals surface area (Å²) in [5.41, 5.74) is 0.311. The van der Waals surface area contributed by atoms with Crippen molar-refractivity contribution in [2.45, 2.75) is 31.7 Å². The molecule has 1 N–H and O–H groups in total. The zero-order chi connectivity index (χ0) is 13.9. The Morgan fingerprint density at radius 2 is 2.10 bits per heavy atom. The topological polar surface area (TPSA) is 37.8 Å². The van der Waals surface area contributed by atoms with Crippen LogP contribution in [0, 0.1) is 11.6 Å². The molecule has 1 saturated carbocycles. The number of rotatable bonds is 6. The molecule has 1 aromatic heterocycles. The molecule has 20 heavy (non-hydrogen) atoms. The molecule has 0 aliphatic heterocycles. The highest BCUT2D eigenvalue weighted by molar-refractivity contribution is 7.14. The molecule has 0 unspecified atom stereocenters. The average molecular weight is 295 g/mol. The third-order valence-corrected chi connectivity index (χ3v) is 4.22. The van der Waals surface area contributed by atoms with Gasteiger partial charge in [0.05, 0.1) is 0 Å². The zero-order valence-electron chi connectivity index (χ0n) is 10.9. The second-order valence-electron chi connectivity index (χ2n) is 4.96. The minimum atomic E-state index is -0.594. The largest absolute Gasteiger partial charge is 0.314 e. The van der Waals surface area contributed by atoms with Gasteiger partial charge < -0.3 is 5.32 Å². The van der Waals surface area contributed by atoms with Crippen molar-refractivity contribution in [2.75, 3.05) is 6.54 Å². The maximum atomic E-state index is 13.6. The van der Waals surface area contributed by atoms with Crippen molar-refractivity contribution in [1.82, 2.24) is 15.5 Å². The zero-order valence-corrected chi connectivity index (χ0v) is 11.7. The van der Waals surface area contributed by atoms with E-state index in [0.717, 1.165) is 30.5 Å². The van der Waals surface area contributed by atoms with Crippen molar-refractivity contribution >= 4 is 11.3 Å². The van der Waals surface area contributed by atoms with Crippen LogP contribution in [0.4, 0.5) is 8.78 Å². The fourth-order valence-corrected chi connectivity index (χ4v) is 2.87. The summed E-state index contributed by atoms with van der Waals surface area (Å²) in [6.07, 6.45) is 4.40. The lowest BCUT2D eigenvalue weighted by atomic mass is 10.2. The maximum Gasteiger partial charge on any atom is 0.150 e. The molecule has 1 fully saturated rings. The summed E-state index contributed by atoms with van der Waals surface area (Å²) < 4.78 is 26.5. The Balaban J connectivity index is 1.60. The minimum absolute atomic E-state index is 0.311. The third kappa shape index (κ3) is 3.37. The molecular formula is C14H15F2N3S. The highest BCUT2D eigenvalue weighted by Gasteiger charge is 2.19. The Labute approximate surface area is 120 Å². The van der Waals surface area contributed by atoms with Gasteiger partial charge in [-0.25, -0.2) is 8.78 Å². The van der Waals surface area contributed by atoms with Gasteiger partial charge in [-0.2, -0.15) is 0 Å². The Morgan fingerprint density at radius 3 is 2.85 bits per heavy atom. The summed E-state index contributed by atoms with van der Waals surface area (Å²) in [7, 11) is 0. The van der Waals surface area contributed by atoms with Gasteiger partial charge in [-0.3, -0.25) is 0 Å². The molecule has 3 rings (SSSR count). The van der Waals surface area contributed by atoms with Gasteiger partial charge in [0.1, 0.15) is 16.6 Å². The van der Waals surface area contributed by atoms with E-state index in [1.54, 1.807) is 0 Å². The molecule has 3 nitrogen and oxygen atoms in total. The number of aromatic nitrogens is 2. The smallest absolute Gasteiger partial charge is 0.150 e. The van der Waals surface area contributed by atoms with Crippen molar-refractivity contribution in [2.24, 2.45) is 0 Å². The number of halogens is 2. The molecule has 0 saturated heterocycles. The van der Waals surface area contributed by atoms with Gasteiger partial charge in [-0.1, -0.05) is 11.3 Å². The lowest BCUT2D eigenvalue weighted by Crippen LogP contribution is -2.17. The van der Waals surface area contributed by atoms with E-state index in [-0.39, 0.29) is 0 Å². The van der Waals surface area contributed by atoms with Crippen LogP contribution in [0.2, 0.25) is 0 Å². The third-order valence-electron chi connectivity index (χ3n) is 3.21. The fourth-order valence-electron chi connectivity index (χ4n) is 1.96. The SMILES string of the molecule is Fc1ccc(-c2nnc(CCCNC3CC3)s2)c(F)c1. The van der Waals surface area contributed by atoms with E-state index in [4.69, 9.17) is 0 Å². The van der Waals surface area contributed by atoms with Crippen LogP contribution in [0.1, 0.15) is 24.3 Å². The highest BCUT2D eigenvalue weighted by atomic mass is 32.1. The van der Waals surface area contributed by atoms with Crippen LogP contribution in [0.15, 0.2) is 18.2 Å². The molecule has 106 valence electrons. The Hall–Kier alpha value is -1.40. The van der Waals surface area contributed by atoms with Gasteiger partial charge in [0.25, 0.3) is 0 Å². The highest BCUT2D eigenvalue weighted by Crippen LogP contribution is 2.27. The van der Waals surface area contributed by atoms with Crippen molar-refractivity contribution < 1.29 is 8.78 Å². The summed E-state index contributed by atoms with van der Waals surface area (Å²) >= 11 is 1.37. The number of aryl methyl sites for hydroxylation is 1. The molecule has 1 aliphatic rings. The number of hydrogen-bond acceptors (Lipinski definition) is 4. The number of benzene rings is 1. The molecule has 0 bridgehead atoms. The van der Waals surface area contributed by atoms with Gasteiger partial charge in [-0.05, 0) is 37.9 Å². The first-order valence-corrected chi connectivity index (χ1v) is 7.55. The van der Waals surface area contributed by atoms with Crippen LogP contribution < -0.4 is 5.32 Å². The van der Waals surface area contributed by atoms with E-state index in [0.29, 0.717) is 16.6 Å². The van der Waals surface area contributed by atoms with Gasteiger partial charge in [-0.15, -0.1) is 10.2 Å². The second-order valence-corrected chi connectivity index (χ2v) is 6.02. The van der Waals surface area contributed by atoms with Crippen LogP contribution in [-0.2, 0) is 6.42 Å². The molecule has 0 spiro atoms. The minimum Gasteiger partial charge on any atom is -0.314 e. The maximum absolute atomic E-state index is 13.6. The first kappa shape index (κ1) is 13.6. The summed E-state index contributed by atoms with van der Waals surface area (Å²) in [6.45, 7) is 0.977. The Kier molecular flexibility index (Phi) is 4.03. The molecule has 2 aromatic rings. The van der Waals surface area contributed by atoms with Crippen LogP contribution in [0.3, 0.4) is 0 Å².